The zero-order chi connectivity index (χ0) is 21.4. The third-order valence-corrected chi connectivity index (χ3v) is 5.58. The van der Waals surface area contributed by atoms with Crippen molar-refractivity contribution in [2.45, 2.75) is 58.2 Å². The predicted octanol–water partition coefficient (Wildman–Crippen LogP) is 2.43. The van der Waals surface area contributed by atoms with Gasteiger partial charge in [-0.1, -0.05) is 31.8 Å². The van der Waals surface area contributed by atoms with Gasteiger partial charge in [0, 0.05) is 11.8 Å². The molecule has 0 saturated carbocycles. The Labute approximate surface area is 173 Å². The lowest BCUT2D eigenvalue weighted by atomic mass is 10.1. The summed E-state index contributed by atoms with van der Waals surface area (Å²) < 4.78 is 10.9. The largest absolute Gasteiger partial charge is 0.493 e. The van der Waals surface area contributed by atoms with Crippen molar-refractivity contribution in [2.24, 2.45) is 15.9 Å². The van der Waals surface area contributed by atoms with E-state index in [2.05, 4.69) is 15.5 Å². The number of nitrogens with two attached hydrogens (primary N) is 1. The highest BCUT2D eigenvalue weighted by Gasteiger charge is 2.40. The highest BCUT2D eigenvalue weighted by Crippen LogP contribution is 2.27. The molecule has 0 radical (unpaired) electrons. The van der Waals surface area contributed by atoms with Crippen LogP contribution in [0.2, 0.25) is 0 Å². The van der Waals surface area contributed by atoms with Gasteiger partial charge >= 0.3 is 5.63 Å². The number of hydrogen-bond acceptors (Lipinski definition) is 9. The Kier molecular flexibility index (Phi) is 8.27. The normalized spacial score (nSPS) is 20.3. The van der Waals surface area contributed by atoms with Crippen LogP contribution in [-0.2, 0) is 4.79 Å². The first-order valence-electron chi connectivity index (χ1n) is 9.62. The molecule has 1 aromatic heterocycles. The van der Waals surface area contributed by atoms with Gasteiger partial charge in [-0.3, -0.25) is 10.5 Å². The summed E-state index contributed by atoms with van der Waals surface area (Å²) in [7, 11) is 0. The van der Waals surface area contributed by atoms with Crippen LogP contribution in [0.5, 0.6) is 5.75 Å². The number of oxime groups is 1. The Morgan fingerprint density at radius 2 is 2.24 bits per heavy atom. The number of aliphatic imine (C=N–C) groups is 1. The fourth-order valence-corrected chi connectivity index (χ4v) is 3.72. The highest BCUT2D eigenvalue weighted by molar-refractivity contribution is 8.16. The molecule has 1 aromatic rings. The molecule has 10 heteroatoms. The van der Waals surface area contributed by atoms with Crippen molar-refractivity contribution in [1.82, 2.24) is 5.32 Å². The minimum absolute atomic E-state index is 0.212. The van der Waals surface area contributed by atoms with Crippen LogP contribution in [0.4, 0.5) is 0 Å². The molecule has 0 spiro atoms. The van der Waals surface area contributed by atoms with E-state index in [0.717, 1.165) is 19.3 Å². The Balaban J connectivity index is 2.21. The first-order chi connectivity index (χ1) is 13.8. The fraction of sp³-hybridized carbons (Fsp3) is 0.579. The molecule has 2 heterocycles. The smallest absolute Gasteiger partial charge is 0.339 e. The second kappa shape index (κ2) is 10.4. The van der Waals surface area contributed by atoms with E-state index in [0.29, 0.717) is 35.3 Å². The molecular formula is C19H28N4O5S. The van der Waals surface area contributed by atoms with E-state index >= 15 is 0 Å². The summed E-state index contributed by atoms with van der Waals surface area (Å²) >= 11 is 1.24. The molecular weight excluding hydrogens is 396 g/mol. The SMILES string of the molecule is CCCCOc1cc([C@@H](CCC)NC(=O)[C@]2(N)CSC(/C(C)=N/O)=N2)oc(=O)c1. The van der Waals surface area contributed by atoms with Crippen molar-refractivity contribution >= 4 is 28.4 Å². The molecule has 4 N–H and O–H groups in total. The average molecular weight is 425 g/mol. The van der Waals surface area contributed by atoms with E-state index in [4.69, 9.17) is 20.1 Å². The molecule has 9 nitrogen and oxygen atoms in total. The van der Waals surface area contributed by atoms with Crippen LogP contribution in [0.25, 0.3) is 0 Å². The Hall–Kier alpha value is -2.33. The summed E-state index contributed by atoms with van der Waals surface area (Å²) in [6, 6.07) is 2.36. The van der Waals surface area contributed by atoms with Crippen molar-refractivity contribution in [3.8, 4) is 5.75 Å². The monoisotopic (exact) mass is 424 g/mol. The van der Waals surface area contributed by atoms with Crippen LogP contribution < -0.4 is 21.4 Å². The summed E-state index contributed by atoms with van der Waals surface area (Å²) in [5.41, 5.74) is 4.43. The third-order valence-electron chi connectivity index (χ3n) is 4.34. The summed E-state index contributed by atoms with van der Waals surface area (Å²) in [5, 5.41) is 15.2. The number of carbonyl (C=O) groups excluding carboxylic acids is 1. The third kappa shape index (κ3) is 6.07. The van der Waals surface area contributed by atoms with Crippen molar-refractivity contribution in [2.75, 3.05) is 12.4 Å². The maximum Gasteiger partial charge on any atom is 0.339 e. The maximum atomic E-state index is 12.9. The van der Waals surface area contributed by atoms with Gasteiger partial charge in [0.15, 0.2) is 5.66 Å². The van der Waals surface area contributed by atoms with Gasteiger partial charge in [-0.05, 0) is 19.8 Å². The Morgan fingerprint density at radius 3 is 2.90 bits per heavy atom. The quantitative estimate of drug-likeness (QED) is 0.227. The first-order valence-corrected chi connectivity index (χ1v) is 10.6. The van der Waals surface area contributed by atoms with Crippen molar-refractivity contribution < 1.29 is 19.2 Å². The highest BCUT2D eigenvalue weighted by atomic mass is 32.2. The number of rotatable bonds is 10. The maximum absolute atomic E-state index is 12.9. The minimum Gasteiger partial charge on any atom is -0.493 e. The molecule has 2 rings (SSSR count). The predicted molar refractivity (Wildman–Crippen MR) is 113 cm³/mol. The van der Waals surface area contributed by atoms with E-state index in [1.165, 1.54) is 17.8 Å². The van der Waals surface area contributed by atoms with Crippen LogP contribution in [0.15, 0.2) is 31.5 Å². The minimum atomic E-state index is -1.49. The average Bonchev–Trinajstić information content (AvgIpc) is 3.10. The molecule has 1 amide bonds. The van der Waals surface area contributed by atoms with Crippen LogP contribution in [0.1, 0.15) is 58.3 Å². The van der Waals surface area contributed by atoms with Crippen molar-refractivity contribution in [3.05, 3.63) is 28.3 Å². The molecule has 160 valence electrons. The molecule has 1 aliphatic heterocycles. The second-order valence-electron chi connectivity index (χ2n) is 6.85. The van der Waals surface area contributed by atoms with Gasteiger partial charge in [0.25, 0.3) is 5.91 Å². The zero-order valence-corrected chi connectivity index (χ0v) is 17.8. The summed E-state index contributed by atoms with van der Waals surface area (Å²) in [6.45, 7) is 6.08. The lowest BCUT2D eigenvalue weighted by molar-refractivity contribution is -0.126. The Morgan fingerprint density at radius 1 is 1.48 bits per heavy atom. The van der Waals surface area contributed by atoms with Gasteiger partial charge in [-0.15, -0.1) is 11.8 Å². The molecule has 0 aliphatic carbocycles. The summed E-state index contributed by atoms with van der Waals surface area (Å²) in [6.07, 6.45) is 3.13. The van der Waals surface area contributed by atoms with Crippen LogP contribution in [0.3, 0.4) is 0 Å². The topological polar surface area (TPSA) is 140 Å². The van der Waals surface area contributed by atoms with Gasteiger partial charge in [0.2, 0.25) is 0 Å². The number of nitrogens with one attached hydrogen (secondary N) is 1. The Bertz CT molecular complexity index is 838. The molecule has 0 bridgehead atoms. The van der Waals surface area contributed by atoms with Gasteiger partial charge in [-0.25, -0.2) is 9.79 Å². The second-order valence-corrected chi connectivity index (χ2v) is 7.81. The van der Waals surface area contributed by atoms with Crippen LogP contribution in [0, 0.1) is 0 Å². The van der Waals surface area contributed by atoms with Crippen LogP contribution >= 0.6 is 11.8 Å². The lowest BCUT2D eigenvalue weighted by Gasteiger charge is -2.24. The number of thioether (sulfide) groups is 1. The van der Waals surface area contributed by atoms with Crippen molar-refractivity contribution in [3.63, 3.8) is 0 Å². The van der Waals surface area contributed by atoms with E-state index in [9.17, 15) is 9.59 Å². The van der Waals surface area contributed by atoms with E-state index in [1.54, 1.807) is 13.0 Å². The van der Waals surface area contributed by atoms with Crippen molar-refractivity contribution in [1.29, 1.82) is 0 Å². The fourth-order valence-electron chi connectivity index (χ4n) is 2.69. The summed E-state index contributed by atoms with van der Waals surface area (Å²) in [4.78, 5) is 29.0. The number of ether oxygens (including phenoxy) is 1. The number of amides is 1. The van der Waals surface area contributed by atoms with Crippen LogP contribution in [-0.4, -0.2) is 39.9 Å². The molecule has 1 aliphatic rings. The number of carbonyl (C=O) groups is 1. The van der Waals surface area contributed by atoms with E-state index < -0.39 is 23.2 Å². The lowest BCUT2D eigenvalue weighted by Crippen LogP contribution is -2.54. The standard InChI is InChI=1S/C19H28N4O5S/c1-4-6-8-27-13-9-15(28-16(24)10-13)14(7-5-2)21-18(25)19(20)11-29-17(22-19)12(3)23-26/h9-10,14,26H,4-8,11,20H2,1-3H3,(H,21,25)/b23-12+/t14-,19+/m1/s1. The molecule has 2 atom stereocenters. The molecule has 0 unspecified atom stereocenters. The van der Waals surface area contributed by atoms with Gasteiger partial charge in [0.1, 0.15) is 22.3 Å². The zero-order valence-electron chi connectivity index (χ0n) is 16.9. The van der Waals surface area contributed by atoms with Gasteiger partial charge in [-0.2, -0.15) is 0 Å². The molecule has 0 aromatic carbocycles. The first kappa shape index (κ1) is 23.0. The van der Waals surface area contributed by atoms with Gasteiger partial charge < -0.3 is 19.7 Å². The summed E-state index contributed by atoms with van der Waals surface area (Å²) in [5.74, 6) is 0.438. The van der Waals surface area contributed by atoms with Gasteiger partial charge in [0.05, 0.1) is 18.7 Å². The molecule has 0 fully saturated rings. The number of nitrogens with zero attached hydrogens (tertiary/aromatic N) is 2. The van der Waals surface area contributed by atoms with E-state index in [-0.39, 0.29) is 5.75 Å². The molecule has 0 saturated heterocycles. The molecule has 29 heavy (non-hydrogen) atoms. The van der Waals surface area contributed by atoms with E-state index in [1.807, 2.05) is 13.8 Å². The number of hydrogen-bond donors (Lipinski definition) is 3. The number of unbranched alkanes of at least 4 members (excludes halogenated alkanes) is 1.